The molecule has 0 bridgehead atoms. The molecule has 0 aliphatic carbocycles. The molecule has 0 saturated heterocycles. The van der Waals surface area contributed by atoms with Crippen LogP contribution in [0.25, 0.3) is 0 Å². The van der Waals surface area contributed by atoms with E-state index in [1.54, 1.807) is 23.0 Å². The van der Waals surface area contributed by atoms with Gasteiger partial charge in [0.2, 0.25) is 0 Å². The van der Waals surface area contributed by atoms with Crippen molar-refractivity contribution in [1.82, 2.24) is 15.1 Å². The molecular weight excluding hydrogens is 256 g/mol. The Morgan fingerprint density at radius 2 is 2.10 bits per heavy atom. The SMILES string of the molecule is CCn1cc(N)c(C(=O)NCCc2ccc(O)cc2)n1. The Kier molecular flexibility index (Phi) is 4.24. The summed E-state index contributed by atoms with van der Waals surface area (Å²) in [5.41, 5.74) is 7.43. The minimum Gasteiger partial charge on any atom is -0.508 e. The molecule has 0 fully saturated rings. The Labute approximate surface area is 117 Å². The second-order valence-electron chi connectivity index (χ2n) is 4.46. The van der Waals surface area contributed by atoms with Crippen LogP contribution in [0.15, 0.2) is 30.5 Å². The topological polar surface area (TPSA) is 93.2 Å². The van der Waals surface area contributed by atoms with Crippen molar-refractivity contribution in [3.05, 3.63) is 41.7 Å². The van der Waals surface area contributed by atoms with Crippen molar-refractivity contribution in [1.29, 1.82) is 0 Å². The smallest absolute Gasteiger partial charge is 0.273 e. The van der Waals surface area contributed by atoms with Gasteiger partial charge in [0.1, 0.15) is 5.75 Å². The summed E-state index contributed by atoms with van der Waals surface area (Å²) in [5.74, 6) is -0.0378. The lowest BCUT2D eigenvalue weighted by Gasteiger charge is -2.04. The Hall–Kier alpha value is -2.50. The zero-order chi connectivity index (χ0) is 14.5. The molecule has 0 aliphatic rings. The second-order valence-corrected chi connectivity index (χ2v) is 4.46. The average molecular weight is 274 g/mol. The third kappa shape index (κ3) is 3.28. The normalized spacial score (nSPS) is 10.4. The zero-order valence-electron chi connectivity index (χ0n) is 11.3. The molecule has 6 heteroatoms. The summed E-state index contributed by atoms with van der Waals surface area (Å²) in [6.45, 7) is 3.09. The van der Waals surface area contributed by atoms with Crippen molar-refractivity contribution in [3.63, 3.8) is 0 Å². The largest absolute Gasteiger partial charge is 0.508 e. The van der Waals surface area contributed by atoms with E-state index in [-0.39, 0.29) is 17.4 Å². The van der Waals surface area contributed by atoms with Gasteiger partial charge in [-0.3, -0.25) is 9.48 Å². The van der Waals surface area contributed by atoms with E-state index in [1.807, 2.05) is 19.1 Å². The lowest BCUT2D eigenvalue weighted by atomic mass is 10.1. The molecule has 4 N–H and O–H groups in total. The van der Waals surface area contributed by atoms with Crippen LogP contribution in [0, 0.1) is 0 Å². The number of carbonyl (C=O) groups excluding carboxylic acids is 1. The number of phenolic OH excluding ortho intramolecular Hbond substituents is 1. The Morgan fingerprint density at radius 3 is 2.70 bits per heavy atom. The standard InChI is InChI=1S/C14H18N4O2/c1-2-18-9-12(15)13(17-18)14(20)16-8-7-10-3-5-11(19)6-4-10/h3-6,9,19H,2,7-8,15H2,1H3,(H,16,20). The molecule has 1 heterocycles. The van der Waals surface area contributed by atoms with Gasteiger partial charge < -0.3 is 16.2 Å². The summed E-state index contributed by atoms with van der Waals surface area (Å²) >= 11 is 0. The Bertz CT molecular complexity index is 590. The maximum absolute atomic E-state index is 11.9. The van der Waals surface area contributed by atoms with Crippen LogP contribution in [0.1, 0.15) is 23.0 Å². The highest BCUT2D eigenvalue weighted by Gasteiger charge is 2.13. The molecule has 0 unspecified atom stereocenters. The summed E-state index contributed by atoms with van der Waals surface area (Å²) in [5, 5.41) is 16.1. The van der Waals surface area contributed by atoms with E-state index in [2.05, 4.69) is 10.4 Å². The number of benzene rings is 1. The summed E-state index contributed by atoms with van der Waals surface area (Å²) < 4.78 is 1.63. The Morgan fingerprint density at radius 1 is 1.40 bits per heavy atom. The number of nitrogen functional groups attached to an aromatic ring is 1. The van der Waals surface area contributed by atoms with Crippen molar-refractivity contribution in [2.75, 3.05) is 12.3 Å². The quantitative estimate of drug-likeness (QED) is 0.762. The highest BCUT2D eigenvalue weighted by Crippen LogP contribution is 2.10. The fraction of sp³-hybridized carbons (Fsp3) is 0.286. The van der Waals surface area contributed by atoms with Crippen LogP contribution in [-0.2, 0) is 13.0 Å². The molecule has 0 aliphatic heterocycles. The number of aromatic nitrogens is 2. The van der Waals surface area contributed by atoms with Gasteiger partial charge in [0, 0.05) is 19.3 Å². The van der Waals surface area contributed by atoms with Gasteiger partial charge >= 0.3 is 0 Å². The number of anilines is 1. The molecular formula is C14H18N4O2. The van der Waals surface area contributed by atoms with Crippen LogP contribution >= 0.6 is 0 Å². The van der Waals surface area contributed by atoms with Crippen LogP contribution in [0.5, 0.6) is 5.75 Å². The van der Waals surface area contributed by atoms with E-state index in [0.717, 1.165) is 5.56 Å². The molecule has 20 heavy (non-hydrogen) atoms. The van der Waals surface area contributed by atoms with E-state index in [1.165, 1.54) is 0 Å². The van der Waals surface area contributed by atoms with Crippen molar-refractivity contribution in [2.24, 2.45) is 0 Å². The molecule has 0 radical (unpaired) electrons. The van der Waals surface area contributed by atoms with E-state index in [9.17, 15) is 9.90 Å². The lowest BCUT2D eigenvalue weighted by molar-refractivity contribution is 0.0949. The molecule has 6 nitrogen and oxygen atoms in total. The van der Waals surface area contributed by atoms with Gasteiger partial charge in [-0.2, -0.15) is 5.10 Å². The molecule has 0 atom stereocenters. The van der Waals surface area contributed by atoms with Gasteiger partial charge in [0.05, 0.1) is 5.69 Å². The number of hydrogen-bond acceptors (Lipinski definition) is 4. The Balaban J connectivity index is 1.88. The molecule has 1 amide bonds. The van der Waals surface area contributed by atoms with Crippen LogP contribution in [0.3, 0.4) is 0 Å². The van der Waals surface area contributed by atoms with Gasteiger partial charge in [-0.15, -0.1) is 0 Å². The summed E-state index contributed by atoms with van der Waals surface area (Å²) in [4.78, 5) is 11.9. The third-order valence-electron chi connectivity index (χ3n) is 2.96. The van der Waals surface area contributed by atoms with Crippen LogP contribution in [0.4, 0.5) is 5.69 Å². The minimum atomic E-state index is -0.270. The third-order valence-corrected chi connectivity index (χ3v) is 2.96. The first kappa shape index (κ1) is 13.9. The van der Waals surface area contributed by atoms with Gasteiger partial charge in [-0.1, -0.05) is 12.1 Å². The average Bonchev–Trinajstić information content (AvgIpc) is 2.82. The molecule has 0 saturated carbocycles. The number of phenols is 1. The van der Waals surface area contributed by atoms with E-state index in [0.29, 0.717) is 25.2 Å². The summed E-state index contributed by atoms with van der Waals surface area (Å²) in [6, 6.07) is 6.89. The lowest BCUT2D eigenvalue weighted by Crippen LogP contribution is -2.27. The molecule has 1 aromatic carbocycles. The maximum Gasteiger partial charge on any atom is 0.273 e. The van der Waals surface area contributed by atoms with Crippen LogP contribution in [0.2, 0.25) is 0 Å². The van der Waals surface area contributed by atoms with Crippen LogP contribution < -0.4 is 11.1 Å². The zero-order valence-corrected chi connectivity index (χ0v) is 11.3. The molecule has 1 aromatic heterocycles. The second kappa shape index (κ2) is 6.10. The minimum absolute atomic E-state index is 0.232. The number of amides is 1. The number of aryl methyl sites for hydroxylation is 1. The molecule has 2 rings (SSSR count). The first-order chi connectivity index (χ1) is 9.60. The van der Waals surface area contributed by atoms with Gasteiger partial charge in [-0.25, -0.2) is 0 Å². The van der Waals surface area contributed by atoms with E-state index < -0.39 is 0 Å². The van der Waals surface area contributed by atoms with Gasteiger partial charge in [0.15, 0.2) is 5.69 Å². The highest BCUT2D eigenvalue weighted by molar-refractivity contribution is 5.96. The fourth-order valence-corrected chi connectivity index (χ4v) is 1.84. The van der Waals surface area contributed by atoms with Crippen molar-refractivity contribution in [3.8, 4) is 5.75 Å². The molecule has 106 valence electrons. The monoisotopic (exact) mass is 274 g/mol. The number of rotatable bonds is 5. The van der Waals surface area contributed by atoms with Crippen molar-refractivity contribution >= 4 is 11.6 Å². The number of nitrogens with zero attached hydrogens (tertiary/aromatic N) is 2. The predicted molar refractivity (Wildman–Crippen MR) is 76.5 cm³/mol. The van der Waals surface area contributed by atoms with Gasteiger partial charge in [0.25, 0.3) is 5.91 Å². The van der Waals surface area contributed by atoms with E-state index in [4.69, 9.17) is 5.73 Å². The van der Waals surface area contributed by atoms with E-state index >= 15 is 0 Å². The van der Waals surface area contributed by atoms with Crippen molar-refractivity contribution < 1.29 is 9.90 Å². The summed E-state index contributed by atoms with van der Waals surface area (Å²) in [7, 11) is 0. The molecule has 2 aromatic rings. The summed E-state index contributed by atoms with van der Waals surface area (Å²) in [6.07, 6.45) is 2.33. The first-order valence-electron chi connectivity index (χ1n) is 6.49. The number of carbonyl (C=O) groups is 1. The van der Waals surface area contributed by atoms with Crippen LogP contribution in [-0.4, -0.2) is 27.3 Å². The highest BCUT2D eigenvalue weighted by atomic mass is 16.3. The number of aromatic hydroxyl groups is 1. The fourth-order valence-electron chi connectivity index (χ4n) is 1.84. The number of hydrogen-bond donors (Lipinski definition) is 3. The number of nitrogens with two attached hydrogens (primary N) is 1. The maximum atomic E-state index is 11.9. The number of nitrogens with one attached hydrogen (secondary N) is 1. The molecule has 0 spiro atoms. The first-order valence-corrected chi connectivity index (χ1v) is 6.49. The van der Waals surface area contributed by atoms with Gasteiger partial charge in [-0.05, 0) is 31.0 Å². The predicted octanol–water partition coefficient (Wildman–Crippen LogP) is 1.16. The van der Waals surface area contributed by atoms with Crippen molar-refractivity contribution in [2.45, 2.75) is 19.9 Å².